The zero-order valence-electron chi connectivity index (χ0n) is 7.12. The smallest absolute Gasteiger partial charge is 0.263 e. The topological polar surface area (TPSA) is 68.0 Å². The van der Waals surface area contributed by atoms with E-state index in [4.69, 9.17) is 5.73 Å². The molecule has 1 amide bonds. The predicted molar refractivity (Wildman–Crippen MR) is 51.6 cm³/mol. The second-order valence-corrected chi connectivity index (χ2v) is 4.02. The van der Waals surface area contributed by atoms with Crippen LogP contribution in [0.1, 0.15) is 28.9 Å². The molecule has 1 aliphatic carbocycles. The van der Waals surface area contributed by atoms with Crippen LogP contribution in [0.15, 0.2) is 6.07 Å². The van der Waals surface area contributed by atoms with Crippen molar-refractivity contribution < 1.29 is 4.79 Å². The Balaban J connectivity index is 1.96. The van der Waals surface area contributed by atoms with Gasteiger partial charge in [0, 0.05) is 12.1 Å². The zero-order valence-corrected chi connectivity index (χ0v) is 7.93. The van der Waals surface area contributed by atoms with Gasteiger partial charge in [-0.1, -0.05) is 0 Å². The van der Waals surface area contributed by atoms with E-state index in [1.165, 1.54) is 6.42 Å². The van der Waals surface area contributed by atoms with E-state index in [9.17, 15) is 4.79 Å². The van der Waals surface area contributed by atoms with Crippen molar-refractivity contribution in [1.82, 2.24) is 9.69 Å². The maximum Gasteiger partial charge on any atom is 0.263 e. The van der Waals surface area contributed by atoms with Crippen LogP contribution < -0.4 is 11.1 Å². The summed E-state index contributed by atoms with van der Waals surface area (Å²) in [6, 6.07) is 1.98. The molecule has 1 aliphatic rings. The summed E-state index contributed by atoms with van der Waals surface area (Å²) in [5, 5.41) is 2.92. The van der Waals surface area contributed by atoms with Crippen LogP contribution in [0, 0.1) is 0 Å². The number of nitrogen functional groups attached to an aromatic ring is 1. The highest BCUT2D eigenvalue weighted by Crippen LogP contribution is 2.19. The first-order valence-corrected chi connectivity index (χ1v) is 5.06. The number of hydrogen-bond donors (Lipinski definition) is 2. The second-order valence-electron chi connectivity index (χ2n) is 3.22. The highest BCUT2D eigenvalue weighted by atomic mass is 32.1. The molecule has 2 rings (SSSR count). The van der Waals surface area contributed by atoms with Crippen LogP contribution in [0.2, 0.25) is 0 Å². The minimum absolute atomic E-state index is 0.0427. The first kappa shape index (κ1) is 8.50. The lowest BCUT2D eigenvalue weighted by Gasteiger charge is -2.25. The monoisotopic (exact) mass is 197 g/mol. The molecule has 1 heterocycles. The highest BCUT2D eigenvalue weighted by Gasteiger charge is 2.20. The Morgan fingerprint density at radius 3 is 2.92 bits per heavy atom. The van der Waals surface area contributed by atoms with Gasteiger partial charge in [0.1, 0.15) is 10.7 Å². The van der Waals surface area contributed by atoms with E-state index >= 15 is 0 Å². The maximum atomic E-state index is 11.5. The van der Waals surface area contributed by atoms with Crippen molar-refractivity contribution in [2.24, 2.45) is 0 Å². The Hall–Kier alpha value is -1.10. The first-order chi connectivity index (χ1) is 6.25. The number of rotatable bonds is 2. The fourth-order valence-corrected chi connectivity index (χ4v) is 1.78. The van der Waals surface area contributed by atoms with Crippen molar-refractivity contribution in [3.8, 4) is 0 Å². The molecule has 0 atom stereocenters. The molecule has 0 saturated heterocycles. The molecule has 5 heteroatoms. The second kappa shape index (κ2) is 3.33. The summed E-state index contributed by atoms with van der Waals surface area (Å²) in [5.74, 6) is 0.377. The summed E-state index contributed by atoms with van der Waals surface area (Å²) in [5.41, 5.74) is 5.41. The van der Waals surface area contributed by atoms with Crippen LogP contribution in [-0.4, -0.2) is 16.3 Å². The average Bonchev–Trinajstić information content (AvgIpc) is 2.44. The van der Waals surface area contributed by atoms with Crippen molar-refractivity contribution in [3.05, 3.63) is 10.9 Å². The number of carbonyl (C=O) groups is 1. The van der Waals surface area contributed by atoms with Gasteiger partial charge in [-0.15, -0.1) is 0 Å². The minimum Gasteiger partial charge on any atom is -0.383 e. The third-order valence-electron chi connectivity index (χ3n) is 2.19. The fraction of sp³-hybridized carbons (Fsp3) is 0.500. The van der Waals surface area contributed by atoms with E-state index in [2.05, 4.69) is 9.69 Å². The van der Waals surface area contributed by atoms with Gasteiger partial charge in [0.05, 0.1) is 0 Å². The normalized spacial score (nSPS) is 16.6. The lowest BCUT2D eigenvalue weighted by atomic mass is 9.93. The average molecular weight is 197 g/mol. The molecule has 13 heavy (non-hydrogen) atoms. The minimum atomic E-state index is -0.0427. The van der Waals surface area contributed by atoms with E-state index in [1.807, 2.05) is 0 Å². The van der Waals surface area contributed by atoms with Gasteiger partial charge in [-0.3, -0.25) is 4.79 Å². The lowest BCUT2D eigenvalue weighted by Crippen LogP contribution is -2.39. The molecule has 70 valence electrons. The number of hydrogen-bond acceptors (Lipinski definition) is 4. The van der Waals surface area contributed by atoms with Crippen LogP contribution in [0.3, 0.4) is 0 Å². The summed E-state index contributed by atoms with van der Waals surface area (Å²) in [7, 11) is 0. The van der Waals surface area contributed by atoms with Gasteiger partial charge in [0.25, 0.3) is 5.91 Å². The first-order valence-electron chi connectivity index (χ1n) is 4.29. The molecule has 0 bridgehead atoms. The van der Waals surface area contributed by atoms with E-state index in [1.54, 1.807) is 6.07 Å². The number of anilines is 1. The van der Waals surface area contributed by atoms with Gasteiger partial charge in [-0.25, -0.2) is 0 Å². The number of amides is 1. The Morgan fingerprint density at radius 1 is 1.69 bits per heavy atom. The van der Waals surface area contributed by atoms with Crippen LogP contribution in [0.5, 0.6) is 0 Å². The summed E-state index contributed by atoms with van der Waals surface area (Å²) in [6.45, 7) is 0. The SMILES string of the molecule is Nc1cc(C(=O)NC2CCC2)sn1. The summed E-state index contributed by atoms with van der Waals surface area (Å²) in [4.78, 5) is 12.1. The molecule has 0 radical (unpaired) electrons. The third kappa shape index (κ3) is 1.80. The molecule has 1 saturated carbocycles. The van der Waals surface area contributed by atoms with Crippen molar-refractivity contribution in [2.45, 2.75) is 25.3 Å². The van der Waals surface area contributed by atoms with Gasteiger partial charge >= 0.3 is 0 Å². The quantitative estimate of drug-likeness (QED) is 0.743. The molecular weight excluding hydrogens is 186 g/mol. The van der Waals surface area contributed by atoms with Gasteiger partial charge in [-0.2, -0.15) is 4.37 Å². The summed E-state index contributed by atoms with van der Waals surface area (Å²) in [6.07, 6.45) is 3.41. The van der Waals surface area contributed by atoms with E-state index in [0.29, 0.717) is 16.7 Å². The van der Waals surface area contributed by atoms with Crippen molar-refractivity contribution >= 4 is 23.3 Å². The van der Waals surface area contributed by atoms with Gasteiger partial charge in [-0.05, 0) is 30.8 Å². The Kier molecular flexibility index (Phi) is 2.18. The molecular formula is C8H11N3OS. The molecule has 0 spiro atoms. The Bertz CT molecular complexity index is 319. The number of aromatic nitrogens is 1. The van der Waals surface area contributed by atoms with E-state index < -0.39 is 0 Å². The molecule has 4 nitrogen and oxygen atoms in total. The molecule has 0 unspecified atom stereocenters. The van der Waals surface area contributed by atoms with Gasteiger partial charge in [0.15, 0.2) is 0 Å². The Labute approximate surface area is 80.3 Å². The van der Waals surface area contributed by atoms with Crippen molar-refractivity contribution in [3.63, 3.8) is 0 Å². The standard InChI is InChI=1S/C8H11N3OS/c9-7-4-6(13-11-7)8(12)10-5-2-1-3-5/h4-5H,1-3H2,(H2,9,11)(H,10,12). The van der Waals surface area contributed by atoms with Gasteiger partial charge in [0.2, 0.25) is 0 Å². The molecule has 1 aromatic rings. The maximum absolute atomic E-state index is 11.5. The molecule has 3 N–H and O–H groups in total. The Morgan fingerprint density at radius 2 is 2.46 bits per heavy atom. The van der Waals surface area contributed by atoms with E-state index in [-0.39, 0.29) is 5.91 Å². The molecule has 1 fully saturated rings. The zero-order chi connectivity index (χ0) is 9.26. The van der Waals surface area contributed by atoms with Crippen LogP contribution in [0.25, 0.3) is 0 Å². The molecule has 1 aromatic heterocycles. The largest absolute Gasteiger partial charge is 0.383 e. The summed E-state index contributed by atoms with van der Waals surface area (Å²) < 4.78 is 3.85. The summed E-state index contributed by atoms with van der Waals surface area (Å²) >= 11 is 1.15. The fourth-order valence-electron chi connectivity index (χ4n) is 1.21. The van der Waals surface area contributed by atoms with Crippen LogP contribution >= 0.6 is 11.5 Å². The number of nitrogens with zero attached hydrogens (tertiary/aromatic N) is 1. The van der Waals surface area contributed by atoms with Crippen molar-refractivity contribution in [1.29, 1.82) is 0 Å². The lowest BCUT2D eigenvalue weighted by molar-refractivity contribution is 0.0921. The highest BCUT2D eigenvalue weighted by molar-refractivity contribution is 7.08. The molecule has 0 aliphatic heterocycles. The third-order valence-corrected chi connectivity index (χ3v) is 2.99. The van der Waals surface area contributed by atoms with E-state index in [0.717, 1.165) is 24.4 Å². The van der Waals surface area contributed by atoms with Gasteiger partial charge < -0.3 is 11.1 Å². The van der Waals surface area contributed by atoms with Crippen molar-refractivity contribution in [2.75, 3.05) is 5.73 Å². The number of nitrogens with one attached hydrogen (secondary N) is 1. The predicted octanol–water partition coefficient (Wildman–Crippen LogP) is 1.01. The number of nitrogens with two attached hydrogens (primary N) is 1. The van der Waals surface area contributed by atoms with Crippen LogP contribution in [0.4, 0.5) is 5.82 Å². The molecule has 0 aromatic carbocycles. The number of carbonyl (C=O) groups excluding carboxylic acids is 1. The van der Waals surface area contributed by atoms with Crippen LogP contribution in [-0.2, 0) is 0 Å².